The number of carboxylic acid groups (broad SMARTS) is 1. The Kier molecular flexibility index (Phi) is 5.23. The molecule has 1 amide bonds. The minimum atomic E-state index is -1.12. The fourth-order valence-corrected chi connectivity index (χ4v) is 2.52. The van der Waals surface area contributed by atoms with Crippen molar-refractivity contribution in [1.29, 1.82) is 0 Å². The van der Waals surface area contributed by atoms with Crippen LogP contribution in [-0.4, -0.2) is 28.0 Å². The first kappa shape index (κ1) is 16.5. The first-order valence-electron chi connectivity index (χ1n) is 6.08. The summed E-state index contributed by atoms with van der Waals surface area (Å²) in [7, 11) is 0. The van der Waals surface area contributed by atoms with Crippen LogP contribution in [-0.2, 0) is 4.79 Å². The molecule has 0 saturated heterocycles. The Morgan fingerprint density at radius 3 is 2.77 bits per heavy atom. The Morgan fingerprint density at radius 2 is 2.09 bits per heavy atom. The average molecular weight is 360 g/mol. The fraction of sp³-hybridized carbons (Fsp3) is 0.154. The lowest BCUT2D eigenvalue weighted by Gasteiger charge is -2.07. The van der Waals surface area contributed by atoms with Crippen LogP contribution in [0.15, 0.2) is 23.6 Å². The van der Waals surface area contributed by atoms with Crippen molar-refractivity contribution in [3.63, 3.8) is 0 Å². The lowest BCUT2D eigenvalue weighted by molar-refractivity contribution is -0.138. The Bertz CT molecular complexity index is 720. The molecule has 6 nitrogen and oxygen atoms in total. The average Bonchev–Trinajstić information content (AvgIpc) is 2.91. The largest absolute Gasteiger partial charge is 0.480 e. The van der Waals surface area contributed by atoms with Gasteiger partial charge in [0.25, 0.3) is 5.91 Å². The van der Waals surface area contributed by atoms with Crippen LogP contribution >= 0.6 is 34.5 Å². The molecule has 0 bridgehead atoms. The molecule has 1 heterocycles. The number of hydrogen-bond donors (Lipinski definition) is 3. The topological polar surface area (TPSA) is 91.3 Å². The van der Waals surface area contributed by atoms with Gasteiger partial charge in [0.15, 0.2) is 5.13 Å². The number of carbonyl (C=O) groups excluding carboxylic acids is 1. The Hall–Kier alpha value is -1.83. The maximum absolute atomic E-state index is 11.8. The van der Waals surface area contributed by atoms with Gasteiger partial charge in [0.2, 0.25) is 0 Å². The number of halogens is 2. The van der Waals surface area contributed by atoms with E-state index in [4.69, 9.17) is 28.3 Å². The number of amides is 1. The molecule has 0 spiro atoms. The van der Waals surface area contributed by atoms with E-state index < -0.39 is 17.9 Å². The summed E-state index contributed by atoms with van der Waals surface area (Å²) in [6.45, 7) is 1.37. The molecule has 1 atom stereocenters. The van der Waals surface area contributed by atoms with Crippen molar-refractivity contribution in [2.75, 3.05) is 5.32 Å². The third kappa shape index (κ3) is 4.09. The smallest absolute Gasteiger partial charge is 0.325 e. The van der Waals surface area contributed by atoms with Gasteiger partial charge in [-0.2, -0.15) is 0 Å². The lowest BCUT2D eigenvalue weighted by Crippen LogP contribution is -2.38. The fourth-order valence-electron chi connectivity index (χ4n) is 1.48. The molecule has 0 saturated carbocycles. The maximum atomic E-state index is 11.8. The zero-order valence-corrected chi connectivity index (χ0v) is 13.6. The third-order valence-electron chi connectivity index (χ3n) is 2.62. The second-order valence-electron chi connectivity index (χ2n) is 4.32. The number of benzene rings is 1. The van der Waals surface area contributed by atoms with Crippen LogP contribution in [0, 0.1) is 0 Å². The zero-order chi connectivity index (χ0) is 16.3. The Balaban J connectivity index is 2.10. The van der Waals surface area contributed by atoms with Crippen molar-refractivity contribution in [3.05, 3.63) is 39.3 Å². The van der Waals surface area contributed by atoms with E-state index >= 15 is 0 Å². The van der Waals surface area contributed by atoms with E-state index in [0.717, 1.165) is 0 Å². The second-order valence-corrected chi connectivity index (χ2v) is 6.02. The summed E-state index contributed by atoms with van der Waals surface area (Å²) < 4.78 is 0. The molecule has 0 fully saturated rings. The van der Waals surface area contributed by atoms with Gasteiger partial charge in [0.05, 0.1) is 10.7 Å². The van der Waals surface area contributed by atoms with E-state index in [1.165, 1.54) is 23.6 Å². The van der Waals surface area contributed by atoms with Crippen LogP contribution in [0.25, 0.3) is 0 Å². The molecule has 22 heavy (non-hydrogen) atoms. The summed E-state index contributed by atoms with van der Waals surface area (Å²) >= 11 is 13.1. The summed E-state index contributed by atoms with van der Waals surface area (Å²) in [6.07, 6.45) is 0. The lowest BCUT2D eigenvalue weighted by atomic mass is 10.3. The second kappa shape index (κ2) is 6.95. The van der Waals surface area contributed by atoms with Gasteiger partial charge in [-0.3, -0.25) is 9.59 Å². The summed E-state index contributed by atoms with van der Waals surface area (Å²) in [4.78, 5) is 26.6. The molecule has 2 aromatic rings. The maximum Gasteiger partial charge on any atom is 0.325 e. The van der Waals surface area contributed by atoms with Crippen LogP contribution in [0.2, 0.25) is 10.0 Å². The molecule has 3 N–H and O–H groups in total. The number of anilines is 2. The first-order chi connectivity index (χ1) is 10.4. The normalized spacial score (nSPS) is 11.8. The molecule has 1 aromatic heterocycles. The SMILES string of the molecule is CC(NC(=O)c1csc(Nc2cc(Cl)ccc2Cl)n1)C(=O)O. The summed E-state index contributed by atoms with van der Waals surface area (Å²) in [5.41, 5.74) is 0.688. The van der Waals surface area contributed by atoms with Gasteiger partial charge in [-0.25, -0.2) is 4.98 Å². The molecule has 0 aliphatic rings. The summed E-state index contributed by atoms with van der Waals surface area (Å²) in [5.74, 6) is -1.68. The molecular formula is C13H11Cl2N3O3S. The number of aliphatic carboxylic acids is 1. The van der Waals surface area contributed by atoms with Crippen molar-refractivity contribution < 1.29 is 14.7 Å². The van der Waals surface area contributed by atoms with E-state index in [1.807, 2.05) is 0 Å². The highest BCUT2D eigenvalue weighted by atomic mass is 35.5. The quantitative estimate of drug-likeness (QED) is 0.760. The highest BCUT2D eigenvalue weighted by molar-refractivity contribution is 7.14. The molecule has 0 radical (unpaired) electrons. The number of nitrogens with one attached hydrogen (secondary N) is 2. The number of hydrogen-bond acceptors (Lipinski definition) is 5. The zero-order valence-electron chi connectivity index (χ0n) is 11.3. The van der Waals surface area contributed by atoms with Gasteiger partial charge < -0.3 is 15.7 Å². The van der Waals surface area contributed by atoms with Crippen molar-refractivity contribution in [2.24, 2.45) is 0 Å². The minimum Gasteiger partial charge on any atom is -0.480 e. The number of nitrogens with zero attached hydrogens (tertiary/aromatic N) is 1. The number of aromatic nitrogens is 1. The molecule has 1 unspecified atom stereocenters. The molecule has 0 aliphatic carbocycles. The van der Waals surface area contributed by atoms with Crippen LogP contribution < -0.4 is 10.6 Å². The molecule has 116 valence electrons. The van der Waals surface area contributed by atoms with Crippen LogP contribution in [0.5, 0.6) is 0 Å². The molecule has 0 aliphatic heterocycles. The first-order valence-corrected chi connectivity index (χ1v) is 7.71. The summed E-state index contributed by atoms with van der Waals surface area (Å²) in [5, 5.41) is 17.0. The van der Waals surface area contributed by atoms with Crippen LogP contribution in [0.3, 0.4) is 0 Å². The van der Waals surface area contributed by atoms with Gasteiger partial charge >= 0.3 is 5.97 Å². The van der Waals surface area contributed by atoms with E-state index in [9.17, 15) is 9.59 Å². The van der Waals surface area contributed by atoms with E-state index in [0.29, 0.717) is 20.9 Å². The van der Waals surface area contributed by atoms with Gasteiger partial charge in [0.1, 0.15) is 11.7 Å². The molecule has 2 rings (SSSR count). The highest BCUT2D eigenvalue weighted by Crippen LogP contribution is 2.29. The Labute approximate surface area is 140 Å². The number of carboxylic acids is 1. The predicted molar refractivity (Wildman–Crippen MR) is 86.4 cm³/mol. The monoisotopic (exact) mass is 359 g/mol. The van der Waals surface area contributed by atoms with Gasteiger partial charge in [0, 0.05) is 10.4 Å². The van der Waals surface area contributed by atoms with Crippen molar-refractivity contribution >= 4 is 57.2 Å². The number of thiazole rings is 1. The van der Waals surface area contributed by atoms with Crippen molar-refractivity contribution in [2.45, 2.75) is 13.0 Å². The highest BCUT2D eigenvalue weighted by Gasteiger charge is 2.17. The molecule has 1 aromatic carbocycles. The van der Waals surface area contributed by atoms with E-state index in [1.54, 1.807) is 18.2 Å². The van der Waals surface area contributed by atoms with Crippen LogP contribution in [0.1, 0.15) is 17.4 Å². The van der Waals surface area contributed by atoms with Crippen molar-refractivity contribution in [3.8, 4) is 0 Å². The minimum absolute atomic E-state index is 0.124. The number of rotatable bonds is 5. The Morgan fingerprint density at radius 1 is 1.36 bits per heavy atom. The van der Waals surface area contributed by atoms with Gasteiger partial charge in [-0.05, 0) is 25.1 Å². The van der Waals surface area contributed by atoms with Gasteiger partial charge in [-0.15, -0.1) is 11.3 Å². The molecular weight excluding hydrogens is 349 g/mol. The van der Waals surface area contributed by atoms with Crippen LogP contribution in [0.4, 0.5) is 10.8 Å². The van der Waals surface area contributed by atoms with Crippen molar-refractivity contribution in [1.82, 2.24) is 10.3 Å². The third-order valence-corrected chi connectivity index (χ3v) is 3.95. The molecule has 9 heteroatoms. The predicted octanol–water partition coefficient (Wildman–Crippen LogP) is 3.40. The van der Waals surface area contributed by atoms with E-state index in [2.05, 4.69) is 15.6 Å². The van der Waals surface area contributed by atoms with Gasteiger partial charge in [-0.1, -0.05) is 23.2 Å². The van der Waals surface area contributed by atoms with E-state index in [-0.39, 0.29) is 5.69 Å². The number of carbonyl (C=O) groups is 2. The standard InChI is InChI=1S/C13H11Cl2N3O3S/c1-6(12(20)21)16-11(19)10-5-22-13(18-10)17-9-4-7(14)2-3-8(9)15/h2-6H,1H3,(H,16,19)(H,17,18)(H,20,21). The summed E-state index contributed by atoms with van der Waals surface area (Å²) in [6, 6.07) is 3.94.